The minimum absolute atomic E-state index is 0.381. The Morgan fingerprint density at radius 3 is 2.60 bits per heavy atom. The first-order valence-electron chi connectivity index (χ1n) is 5.43. The zero-order chi connectivity index (χ0) is 11.5. The highest BCUT2D eigenvalue weighted by Crippen LogP contribution is 2.20. The SMILES string of the molecule is CC(C)C(C)NCC(C)(O)c1ccco1. The van der Waals surface area contributed by atoms with Crippen molar-refractivity contribution in [1.82, 2.24) is 5.32 Å². The first-order valence-corrected chi connectivity index (χ1v) is 5.43. The van der Waals surface area contributed by atoms with Gasteiger partial charge in [0.1, 0.15) is 11.4 Å². The number of nitrogens with one attached hydrogen (secondary N) is 1. The van der Waals surface area contributed by atoms with E-state index in [1.807, 2.05) is 0 Å². The number of furan rings is 1. The van der Waals surface area contributed by atoms with Gasteiger partial charge in [-0.25, -0.2) is 0 Å². The van der Waals surface area contributed by atoms with Gasteiger partial charge in [-0.05, 0) is 31.9 Å². The average Bonchev–Trinajstić information content (AvgIpc) is 2.67. The van der Waals surface area contributed by atoms with E-state index in [2.05, 4.69) is 26.1 Å². The van der Waals surface area contributed by atoms with Crippen LogP contribution in [0.4, 0.5) is 0 Å². The van der Waals surface area contributed by atoms with Crippen LogP contribution in [0.15, 0.2) is 22.8 Å². The van der Waals surface area contributed by atoms with E-state index in [1.54, 1.807) is 25.3 Å². The van der Waals surface area contributed by atoms with Crippen LogP contribution >= 0.6 is 0 Å². The van der Waals surface area contributed by atoms with Crippen LogP contribution in [0.25, 0.3) is 0 Å². The lowest BCUT2D eigenvalue weighted by Crippen LogP contribution is -2.41. The summed E-state index contributed by atoms with van der Waals surface area (Å²) in [5.74, 6) is 1.16. The van der Waals surface area contributed by atoms with Crippen molar-refractivity contribution >= 4 is 0 Å². The molecule has 0 aliphatic rings. The first-order chi connectivity index (χ1) is 6.93. The van der Waals surface area contributed by atoms with Gasteiger partial charge in [-0.2, -0.15) is 0 Å². The van der Waals surface area contributed by atoms with Crippen molar-refractivity contribution in [1.29, 1.82) is 0 Å². The second kappa shape index (κ2) is 4.81. The number of hydrogen-bond acceptors (Lipinski definition) is 3. The normalized spacial score (nSPS) is 17.7. The van der Waals surface area contributed by atoms with Crippen molar-refractivity contribution in [2.75, 3.05) is 6.54 Å². The molecule has 0 aliphatic carbocycles. The average molecular weight is 211 g/mol. The first kappa shape index (κ1) is 12.3. The number of hydrogen-bond donors (Lipinski definition) is 2. The summed E-state index contributed by atoms with van der Waals surface area (Å²) in [4.78, 5) is 0. The van der Waals surface area contributed by atoms with Crippen LogP contribution in [0.1, 0.15) is 33.5 Å². The Labute approximate surface area is 91.5 Å². The zero-order valence-corrected chi connectivity index (χ0v) is 9.95. The molecule has 1 aromatic heterocycles. The van der Waals surface area contributed by atoms with Crippen LogP contribution in [-0.4, -0.2) is 17.7 Å². The lowest BCUT2D eigenvalue weighted by molar-refractivity contribution is 0.0307. The molecule has 2 atom stereocenters. The van der Waals surface area contributed by atoms with Crippen molar-refractivity contribution in [3.8, 4) is 0 Å². The standard InChI is InChI=1S/C12H21NO2/c1-9(2)10(3)13-8-12(4,14)11-6-5-7-15-11/h5-7,9-10,13-14H,8H2,1-4H3. The van der Waals surface area contributed by atoms with Gasteiger partial charge in [0, 0.05) is 12.6 Å². The molecule has 0 bridgehead atoms. The molecule has 2 unspecified atom stereocenters. The highest BCUT2D eigenvalue weighted by Gasteiger charge is 2.26. The summed E-state index contributed by atoms with van der Waals surface area (Å²) in [6, 6.07) is 3.96. The molecule has 1 heterocycles. The van der Waals surface area contributed by atoms with Gasteiger partial charge in [-0.3, -0.25) is 0 Å². The molecule has 0 amide bonds. The Bertz CT molecular complexity index is 278. The highest BCUT2D eigenvalue weighted by atomic mass is 16.4. The number of rotatable bonds is 5. The van der Waals surface area contributed by atoms with Crippen molar-refractivity contribution in [2.45, 2.75) is 39.3 Å². The summed E-state index contributed by atoms with van der Waals surface area (Å²) in [6.07, 6.45) is 1.58. The van der Waals surface area contributed by atoms with Crippen LogP contribution in [0.5, 0.6) is 0 Å². The molecule has 1 rings (SSSR count). The summed E-state index contributed by atoms with van der Waals surface area (Å²) >= 11 is 0. The molecular formula is C12H21NO2. The Kier molecular flexibility index (Phi) is 3.94. The second-order valence-corrected chi connectivity index (χ2v) is 4.66. The van der Waals surface area contributed by atoms with Crippen LogP contribution in [0.3, 0.4) is 0 Å². The van der Waals surface area contributed by atoms with E-state index in [-0.39, 0.29) is 0 Å². The summed E-state index contributed by atoms with van der Waals surface area (Å²) < 4.78 is 5.20. The van der Waals surface area contributed by atoms with E-state index in [4.69, 9.17) is 4.42 Å². The largest absolute Gasteiger partial charge is 0.466 e. The molecule has 3 nitrogen and oxygen atoms in total. The van der Waals surface area contributed by atoms with Gasteiger partial charge in [0.15, 0.2) is 0 Å². The molecule has 3 heteroatoms. The summed E-state index contributed by atoms with van der Waals surface area (Å²) in [5, 5.41) is 13.4. The Hall–Kier alpha value is -0.800. The van der Waals surface area contributed by atoms with Crippen LogP contribution in [0, 0.1) is 5.92 Å². The topological polar surface area (TPSA) is 45.4 Å². The molecule has 15 heavy (non-hydrogen) atoms. The van der Waals surface area contributed by atoms with Gasteiger partial charge < -0.3 is 14.8 Å². The van der Waals surface area contributed by atoms with Gasteiger partial charge in [0.2, 0.25) is 0 Å². The van der Waals surface area contributed by atoms with E-state index in [0.717, 1.165) is 0 Å². The van der Waals surface area contributed by atoms with Crippen LogP contribution in [0.2, 0.25) is 0 Å². The third-order valence-electron chi connectivity index (χ3n) is 2.82. The molecular weight excluding hydrogens is 190 g/mol. The van der Waals surface area contributed by atoms with Crippen LogP contribution < -0.4 is 5.32 Å². The zero-order valence-electron chi connectivity index (χ0n) is 9.95. The quantitative estimate of drug-likeness (QED) is 0.784. The Morgan fingerprint density at radius 2 is 2.13 bits per heavy atom. The molecule has 0 fully saturated rings. The molecule has 2 N–H and O–H groups in total. The van der Waals surface area contributed by atoms with Gasteiger partial charge in [0.05, 0.1) is 6.26 Å². The fourth-order valence-electron chi connectivity index (χ4n) is 1.27. The molecule has 0 spiro atoms. The third kappa shape index (κ3) is 3.36. The molecule has 1 aromatic rings. The Balaban J connectivity index is 2.51. The minimum atomic E-state index is -0.938. The van der Waals surface area contributed by atoms with E-state index in [9.17, 15) is 5.11 Å². The van der Waals surface area contributed by atoms with Gasteiger partial charge >= 0.3 is 0 Å². The predicted molar refractivity (Wildman–Crippen MR) is 60.6 cm³/mol. The molecule has 86 valence electrons. The molecule has 0 aromatic carbocycles. The van der Waals surface area contributed by atoms with E-state index in [0.29, 0.717) is 24.3 Å². The van der Waals surface area contributed by atoms with Crippen molar-refractivity contribution in [3.05, 3.63) is 24.2 Å². The second-order valence-electron chi connectivity index (χ2n) is 4.66. The fraction of sp³-hybridized carbons (Fsp3) is 0.667. The summed E-state index contributed by atoms with van der Waals surface area (Å²) in [6.45, 7) is 8.67. The third-order valence-corrected chi connectivity index (χ3v) is 2.82. The molecule has 0 saturated carbocycles. The minimum Gasteiger partial charge on any atom is -0.466 e. The maximum Gasteiger partial charge on any atom is 0.136 e. The maximum atomic E-state index is 10.1. The van der Waals surface area contributed by atoms with Gasteiger partial charge in [0.25, 0.3) is 0 Å². The van der Waals surface area contributed by atoms with Crippen molar-refractivity contribution in [2.24, 2.45) is 5.92 Å². The molecule has 0 radical (unpaired) electrons. The molecule has 0 aliphatic heterocycles. The lowest BCUT2D eigenvalue weighted by Gasteiger charge is -2.25. The highest BCUT2D eigenvalue weighted by molar-refractivity contribution is 5.08. The molecule has 0 saturated heterocycles. The van der Waals surface area contributed by atoms with Crippen LogP contribution in [-0.2, 0) is 5.60 Å². The van der Waals surface area contributed by atoms with Crippen molar-refractivity contribution < 1.29 is 9.52 Å². The Morgan fingerprint density at radius 1 is 1.47 bits per heavy atom. The number of aliphatic hydroxyl groups is 1. The fourth-order valence-corrected chi connectivity index (χ4v) is 1.27. The predicted octanol–water partition coefficient (Wildman–Crippen LogP) is 2.12. The van der Waals surface area contributed by atoms with E-state index in [1.165, 1.54) is 0 Å². The van der Waals surface area contributed by atoms with Crippen molar-refractivity contribution in [3.63, 3.8) is 0 Å². The van der Waals surface area contributed by atoms with E-state index >= 15 is 0 Å². The summed E-state index contributed by atoms with van der Waals surface area (Å²) in [5.41, 5.74) is -0.938. The van der Waals surface area contributed by atoms with Gasteiger partial charge in [-0.15, -0.1) is 0 Å². The smallest absolute Gasteiger partial charge is 0.136 e. The maximum absolute atomic E-state index is 10.1. The monoisotopic (exact) mass is 211 g/mol. The summed E-state index contributed by atoms with van der Waals surface area (Å²) in [7, 11) is 0. The van der Waals surface area contributed by atoms with E-state index < -0.39 is 5.60 Å². The van der Waals surface area contributed by atoms with Gasteiger partial charge in [-0.1, -0.05) is 13.8 Å². The lowest BCUT2D eigenvalue weighted by atomic mass is 10.0.